The van der Waals surface area contributed by atoms with E-state index < -0.39 is 9.85 Å². The van der Waals surface area contributed by atoms with Gasteiger partial charge in [-0.3, -0.25) is 20.2 Å². The van der Waals surface area contributed by atoms with E-state index in [1.165, 1.54) is 24.3 Å². The van der Waals surface area contributed by atoms with Gasteiger partial charge in [-0.15, -0.1) is 0 Å². The molecule has 0 fully saturated rings. The third kappa shape index (κ3) is 4.29. The van der Waals surface area contributed by atoms with Crippen LogP contribution in [0, 0.1) is 20.2 Å². The molecule has 3 aromatic rings. The summed E-state index contributed by atoms with van der Waals surface area (Å²) in [6, 6.07) is 20.6. The van der Waals surface area contributed by atoms with Gasteiger partial charge in [0.15, 0.2) is 0 Å². The van der Waals surface area contributed by atoms with Crippen LogP contribution in [-0.4, -0.2) is 9.85 Å². The molecule has 4 atom stereocenters. The van der Waals surface area contributed by atoms with Gasteiger partial charge < -0.3 is 0 Å². The molecule has 0 aliphatic carbocycles. The van der Waals surface area contributed by atoms with Crippen molar-refractivity contribution in [2.45, 2.75) is 37.0 Å². The molecule has 0 saturated carbocycles. The number of nitrogens with zero attached hydrogens (tertiary/aromatic N) is 6. The lowest BCUT2D eigenvalue weighted by molar-refractivity contribution is -0.385. The van der Waals surface area contributed by atoms with Gasteiger partial charge in [-0.05, 0) is 46.5 Å². The van der Waals surface area contributed by atoms with E-state index in [1.807, 2.05) is 18.2 Å². The van der Waals surface area contributed by atoms with Crippen molar-refractivity contribution < 1.29 is 9.85 Å². The summed E-state index contributed by atoms with van der Waals surface area (Å²) in [4.78, 5) is 20.9. The lowest BCUT2D eigenvalue weighted by Crippen LogP contribution is -2.00. The summed E-state index contributed by atoms with van der Waals surface area (Å²) >= 11 is 0. The monoisotopic (exact) mass is 456 g/mol. The molecule has 0 N–H and O–H groups in total. The number of nitro groups is 2. The average Bonchev–Trinajstić information content (AvgIpc) is 3.55. The molecule has 0 amide bonds. The molecule has 3 aromatic carbocycles. The standard InChI is InChI=1S/C24H20N6O4/c31-29(32)19-8-4-15(5-9-19)21-13-23(27-25-21)17-2-1-3-18(12-17)24-14-22(26-28-24)16-6-10-20(11-7-16)30(33)34/h1-12,21-24H,13-14H2. The summed E-state index contributed by atoms with van der Waals surface area (Å²) in [5, 5.41) is 39.5. The van der Waals surface area contributed by atoms with Crippen molar-refractivity contribution in [2.24, 2.45) is 20.5 Å². The molecule has 0 radical (unpaired) electrons. The van der Waals surface area contributed by atoms with E-state index in [4.69, 9.17) is 0 Å². The predicted molar refractivity (Wildman–Crippen MR) is 123 cm³/mol. The highest BCUT2D eigenvalue weighted by Crippen LogP contribution is 2.42. The highest BCUT2D eigenvalue weighted by atomic mass is 16.6. The topological polar surface area (TPSA) is 136 Å². The molecule has 2 heterocycles. The lowest BCUT2D eigenvalue weighted by Gasteiger charge is -2.13. The second-order valence-corrected chi connectivity index (χ2v) is 8.36. The van der Waals surface area contributed by atoms with Crippen LogP contribution in [0.25, 0.3) is 0 Å². The van der Waals surface area contributed by atoms with E-state index in [0.717, 1.165) is 22.3 Å². The third-order valence-corrected chi connectivity index (χ3v) is 6.24. The summed E-state index contributed by atoms with van der Waals surface area (Å²) in [5.74, 6) is 0. The zero-order valence-corrected chi connectivity index (χ0v) is 18.0. The minimum Gasteiger partial charge on any atom is -0.258 e. The highest BCUT2D eigenvalue weighted by molar-refractivity contribution is 5.37. The Balaban J connectivity index is 1.25. The molecular formula is C24H20N6O4. The second kappa shape index (κ2) is 8.89. The normalized spacial score (nSPS) is 23.3. The number of rotatable bonds is 6. The molecule has 10 nitrogen and oxygen atoms in total. The molecule has 170 valence electrons. The van der Waals surface area contributed by atoms with Crippen LogP contribution in [0.2, 0.25) is 0 Å². The molecule has 10 heteroatoms. The Kier molecular flexibility index (Phi) is 5.62. The van der Waals surface area contributed by atoms with Gasteiger partial charge in [0.2, 0.25) is 0 Å². The van der Waals surface area contributed by atoms with Gasteiger partial charge in [-0.1, -0.05) is 24.3 Å². The molecule has 0 bridgehead atoms. The zero-order valence-electron chi connectivity index (χ0n) is 18.0. The van der Waals surface area contributed by atoms with Crippen LogP contribution in [-0.2, 0) is 0 Å². The van der Waals surface area contributed by atoms with E-state index in [1.54, 1.807) is 24.3 Å². The van der Waals surface area contributed by atoms with Crippen molar-refractivity contribution in [1.29, 1.82) is 0 Å². The van der Waals surface area contributed by atoms with E-state index in [2.05, 4.69) is 26.5 Å². The Morgan fingerprint density at radius 2 is 0.912 bits per heavy atom. The van der Waals surface area contributed by atoms with Gasteiger partial charge in [-0.25, -0.2) is 0 Å². The minimum atomic E-state index is -0.416. The number of non-ortho nitro benzene ring substituents is 2. The molecule has 34 heavy (non-hydrogen) atoms. The number of hydrogen-bond acceptors (Lipinski definition) is 8. The maximum atomic E-state index is 10.9. The Bertz CT molecular complexity index is 1190. The third-order valence-electron chi connectivity index (χ3n) is 6.24. The van der Waals surface area contributed by atoms with Crippen molar-refractivity contribution in [1.82, 2.24) is 0 Å². The molecule has 4 unspecified atom stereocenters. The molecule has 0 saturated heterocycles. The Morgan fingerprint density at radius 1 is 0.559 bits per heavy atom. The van der Waals surface area contributed by atoms with Crippen molar-refractivity contribution in [3.63, 3.8) is 0 Å². The fraction of sp³-hybridized carbons (Fsp3) is 0.250. The Labute approximate surface area is 194 Å². The van der Waals surface area contributed by atoms with Gasteiger partial charge in [-0.2, -0.15) is 20.5 Å². The van der Waals surface area contributed by atoms with E-state index >= 15 is 0 Å². The Morgan fingerprint density at radius 3 is 1.26 bits per heavy atom. The zero-order chi connectivity index (χ0) is 23.7. The van der Waals surface area contributed by atoms with Gasteiger partial charge in [0.25, 0.3) is 11.4 Å². The minimum absolute atomic E-state index is 0.0562. The van der Waals surface area contributed by atoms with E-state index in [9.17, 15) is 20.2 Å². The number of nitro benzene ring substituents is 2. The largest absolute Gasteiger partial charge is 0.269 e. The van der Waals surface area contributed by atoms with Gasteiger partial charge in [0, 0.05) is 37.1 Å². The molecule has 0 spiro atoms. The number of azo groups is 2. The van der Waals surface area contributed by atoms with Gasteiger partial charge in [0.1, 0.15) is 0 Å². The summed E-state index contributed by atoms with van der Waals surface area (Å²) in [6.07, 6.45) is 1.39. The fourth-order valence-electron chi connectivity index (χ4n) is 4.35. The van der Waals surface area contributed by atoms with Crippen LogP contribution in [0.5, 0.6) is 0 Å². The van der Waals surface area contributed by atoms with Crippen LogP contribution in [0.3, 0.4) is 0 Å². The van der Waals surface area contributed by atoms with Crippen LogP contribution in [0.1, 0.15) is 59.3 Å². The van der Waals surface area contributed by atoms with Crippen LogP contribution in [0.15, 0.2) is 93.3 Å². The smallest absolute Gasteiger partial charge is 0.258 e. The van der Waals surface area contributed by atoms with Crippen LogP contribution in [0.4, 0.5) is 11.4 Å². The summed E-state index contributed by atoms with van der Waals surface area (Å²) < 4.78 is 0. The van der Waals surface area contributed by atoms with Crippen LogP contribution < -0.4 is 0 Å². The van der Waals surface area contributed by atoms with Crippen molar-refractivity contribution >= 4 is 11.4 Å². The second-order valence-electron chi connectivity index (χ2n) is 8.36. The van der Waals surface area contributed by atoms with Gasteiger partial charge in [0.05, 0.1) is 34.0 Å². The maximum absolute atomic E-state index is 10.9. The van der Waals surface area contributed by atoms with Crippen LogP contribution >= 0.6 is 0 Å². The summed E-state index contributed by atoms with van der Waals surface area (Å²) in [5.41, 5.74) is 4.01. The molecule has 2 aliphatic heterocycles. The van der Waals surface area contributed by atoms with Crippen molar-refractivity contribution in [2.75, 3.05) is 0 Å². The molecule has 2 aliphatic rings. The van der Waals surface area contributed by atoms with Gasteiger partial charge >= 0.3 is 0 Å². The molecule has 0 aromatic heterocycles. The first kappa shape index (κ1) is 21.5. The van der Waals surface area contributed by atoms with E-state index in [0.29, 0.717) is 12.8 Å². The van der Waals surface area contributed by atoms with E-state index in [-0.39, 0.29) is 35.5 Å². The lowest BCUT2D eigenvalue weighted by atomic mass is 9.93. The quantitative estimate of drug-likeness (QED) is 0.298. The molecular weight excluding hydrogens is 436 g/mol. The number of benzene rings is 3. The first-order valence-corrected chi connectivity index (χ1v) is 10.9. The fourth-order valence-corrected chi connectivity index (χ4v) is 4.35. The Hall–Kier alpha value is -4.34. The number of hydrogen-bond donors (Lipinski definition) is 0. The first-order valence-electron chi connectivity index (χ1n) is 10.9. The first-order chi connectivity index (χ1) is 16.5. The van der Waals surface area contributed by atoms with Crippen molar-refractivity contribution in [3.8, 4) is 0 Å². The predicted octanol–water partition coefficient (Wildman–Crippen LogP) is 6.78. The SMILES string of the molecule is O=[N+]([O-])c1ccc(C2CC(c3cccc(C4CC(c5ccc([N+](=O)[O-])cc5)N=N4)c3)N=N2)cc1. The summed E-state index contributed by atoms with van der Waals surface area (Å²) in [6.45, 7) is 0. The summed E-state index contributed by atoms with van der Waals surface area (Å²) in [7, 11) is 0. The highest BCUT2D eigenvalue weighted by Gasteiger charge is 2.28. The maximum Gasteiger partial charge on any atom is 0.269 e. The molecule has 5 rings (SSSR count). The average molecular weight is 456 g/mol. The van der Waals surface area contributed by atoms with Crippen molar-refractivity contribution in [3.05, 3.63) is 115 Å².